The molecular weight excluding hydrogens is 316 g/mol. The van der Waals surface area contributed by atoms with Gasteiger partial charge in [-0.2, -0.15) is 0 Å². The zero-order chi connectivity index (χ0) is 14.7. The summed E-state index contributed by atoms with van der Waals surface area (Å²) in [5.41, 5.74) is 0.619. The van der Waals surface area contributed by atoms with Gasteiger partial charge in [-0.3, -0.25) is 4.79 Å². The SMILES string of the molecule is CC1CCC(C(C)C)C(NC(=O)c2cccnc2Br)C1. The highest BCUT2D eigenvalue weighted by atomic mass is 79.9. The predicted octanol–water partition coefficient (Wildman–Crippen LogP) is 4.03. The maximum absolute atomic E-state index is 12.4. The van der Waals surface area contributed by atoms with Crippen LogP contribution < -0.4 is 5.32 Å². The Kier molecular flexibility index (Phi) is 5.19. The largest absolute Gasteiger partial charge is 0.349 e. The van der Waals surface area contributed by atoms with Crippen molar-refractivity contribution in [2.75, 3.05) is 0 Å². The first kappa shape index (κ1) is 15.5. The standard InChI is InChI=1S/C16H23BrN2O/c1-10(2)12-7-6-11(3)9-14(12)19-16(20)13-5-4-8-18-15(13)17/h4-5,8,10-12,14H,6-7,9H2,1-3H3,(H,19,20). The number of amides is 1. The van der Waals surface area contributed by atoms with Gasteiger partial charge in [-0.15, -0.1) is 0 Å². The summed E-state index contributed by atoms with van der Waals surface area (Å²) in [7, 11) is 0. The van der Waals surface area contributed by atoms with E-state index in [1.54, 1.807) is 12.3 Å². The number of nitrogens with zero attached hydrogens (tertiary/aromatic N) is 1. The molecule has 1 aromatic rings. The third kappa shape index (κ3) is 3.60. The van der Waals surface area contributed by atoms with Gasteiger partial charge in [-0.25, -0.2) is 4.98 Å². The van der Waals surface area contributed by atoms with Gasteiger partial charge >= 0.3 is 0 Å². The Morgan fingerprint density at radius 3 is 2.85 bits per heavy atom. The highest BCUT2D eigenvalue weighted by molar-refractivity contribution is 9.10. The van der Waals surface area contributed by atoms with E-state index >= 15 is 0 Å². The highest BCUT2D eigenvalue weighted by Crippen LogP contribution is 2.33. The molecule has 0 aromatic carbocycles. The molecule has 0 aliphatic heterocycles. The van der Waals surface area contributed by atoms with Crippen molar-refractivity contribution in [3.8, 4) is 0 Å². The lowest BCUT2D eigenvalue weighted by Crippen LogP contribution is -2.45. The predicted molar refractivity (Wildman–Crippen MR) is 84.5 cm³/mol. The number of hydrogen-bond acceptors (Lipinski definition) is 2. The van der Waals surface area contributed by atoms with Crippen LogP contribution >= 0.6 is 15.9 Å². The fourth-order valence-electron chi connectivity index (χ4n) is 3.17. The number of hydrogen-bond donors (Lipinski definition) is 1. The molecule has 110 valence electrons. The van der Waals surface area contributed by atoms with E-state index in [1.807, 2.05) is 6.07 Å². The smallest absolute Gasteiger partial charge is 0.254 e. The summed E-state index contributed by atoms with van der Waals surface area (Å²) in [5.74, 6) is 1.85. The molecule has 1 aromatic heterocycles. The average molecular weight is 339 g/mol. The molecule has 0 bridgehead atoms. The molecule has 1 heterocycles. The lowest BCUT2D eigenvalue weighted by atomic mass is 9.74. The van der Waals surface area contributed by atoms with Crippen LogP contribution in [0.3, 0.4) is 0 Å². The van der Waals surface area contributed by atoms with Crippen molar-refractivity contribution in [1.82, 2.24) is 10.3 Å². The summed E-state index contributed by atoms with van der Waals surface area (Å²) in [5, 5.41) is 3.23. The molecular formula is C16H23BrN2O. The van der Waals surface area contributed by atoms with Gasteiger partial charge in [0.25, 0.3) is 5.91 Å². The minimum absolute atomic E-state index is 0.0188. The van der Waals surface area contributed by atoms with Gasteiger partial charge in [-0.1, -0.05) is 27.2 Å². The van der Waals surface area contributed by atoms with E-state index in [0.29, 0.717) is 27.9 Å². The number of pyridine rings is 1. The molecule has 4 heteroatoms. The Balaban J connectivity index is 2.10. The molecule has 3 nitrogen and oxygen atoms in total. The van der Waals surface area contributed by atoms with E-state index in [0.717, 1.165) is 6.42 Å². The van der Waals surface area contributed by atoms with E-state index in [1.165, 1.54) is 12.8 Å². The molecule has 1 aliphatic rings. The fraction of sp³-hybridized carbons (Fsp3) is 0.625. The number of carbonyl (C=O) groups is 1. The lowest BCUT2D eigenvalue weighted by Gasteiger charge is -2.37. The van der Waals surface area contributed by atoms with Crippen LogP contribution in [0.1, 0.15) is 50.4 Å². The monoisotopic (exact) mass is 338 g/mol. The molecule has 0 spiro atoms. The first-order valence-corrected chi connectivity index (χ1v) is 8.19. The van der Waals surface area contributed by atoms with Crippen LogP contribution in [0.15, 0.2) is 22.9 Å². The van der Waals surface area contributed by atoms with E-state index in [-0.39, 0.29) is 11.9 Å². The Morgan fingerprint density at radius 2 is 2.20 bits per heavy atom. The van der Waals surface area contributed by atoms with E-state index < -0.39 is 0 Å². The first-order valence-electron chi connectivity index (χ1n) is 7.40. The maximum Gasteiger partial charge on any atom is 0.254 e. The van der Waals surface area contributed by atoms with E-state index in [9.17, 15) is 4.79 Å². The molecule has 1 aliphatic carbocycles. The zero-order valence-electron chi connectivity index (χ0n) is 12.4. The number of rotatable bonds is 3. The van der Waals surface area contributed by atoms with Crippen molar-refractivity contribution in [3.63, 3.8) is 0 Å². The van der Waals surface area contributed by atoms with E-state index in [4.69, 9.17) is 0 Å². The van der Waals surface area contributed by atoms with Crippen LogP contribution in [0.2, 0.25) is 0 Å². The summed E-state index contributed by atoms with van der Waals surface area (Å²) in [6.07, 6.45) is 5.23. The second-order valence-electron chi connectivity index (χ2n) is 6.25. The number of nitrogens with one attached hydrogen (secondary N) is 1. The molecule has 2 rings (SSSR count). The summed E-state index contributed by atoms with van der Waals surface area (Å²) in [4.78, 5) is 16.5. The van der Waals surface area contributed by atoms with Gasteiger partial charge in [0.15, 0.2) is 0 Å². The number of carbonyl (C=O) groups excluding carboxylic acids is 1. The molecule has 3 unspecified atom stereocenters. The minimum atomic E-state index is -0.0188. The molecule has 20 heavy (non-hydrogen) atoms. The molecule has 1 amide bonds. The lowest BCUT2D eigenvalue weighted by molar-refractivity contribution is 0.0866. The second kappa shape index (κ2) is 6.70. The summed E-state index contributed by atoms with van der Waals surface area (Å²) in [6.45, 7) is 6.77. The van der Waals surface area contributed by atoms with Crippen molar-refractivity contribution < 1.29 is 4.79 Å². The van der Waals surface area contributed by atoms with Crippen LogP contribution in [0.4, 0.5) is 0 Å². The fourth-order valence-corrected chi connectivity index (χ4v) is 3.60. The number of halogens is 1. The second-order valence-corrected chi connectivity index (χ2v) is 7.00. The third-order valence-corrected chi connectivity index (χ3v) is 4.97. The van der Waals surface area contributed by atoms with Gasteiger partial charge < -0.3 is 5.32 Å². The topological polar surface area (TPSA) is 42.0 Å². The maximum atomic E-state index is 12.4. The van der Waals surface area contributed by atoms with Crippen molar-refractivity contribution in [2.45, 2.75) is 46.1 Å². The molecule has 1 N–H and O–H groups in total. The molecule has 0 radical (unpaired) electrons. The number of aromatic nitrogens is 1. The van der Waals surface area contributed by atoms with Crippen molar-refractivity contribution in [1.29, 1.82) is 0 Å². The van der Waals surface area contributed by atoms with Crippen LogP contribution in [0, 0.1) is 17.8 Å². The minimum Gasteiger partial charge on any atom is -0.349 e. The average Bonchev–Trinajstić information content (AvgIpc) is 2.38. The molecule has 0 saturated heterocycles. The van der Waals surface area contributed by atoms with Crippen LogP contribution in [0.25, 0.3) is 0 Å². The third-order valence-electron chi connectivity index (χ3n) is 4.34. The van der Waals surface area contributed by atoms with Crippen LogP contribution in [-0.4, -0.2) is 16.9 Å². The van der Waals surface area contributed by atoms with Gasteiger partial charge in [0.05, 0.1) is 5.56 Å². The summed E-state index contributed by atoms with van der Waals surface area (Å²) in [6, 6.07) is 3.88. The van der Waals surface area contributed by atoms with Gasteiger partial charge in [0.1, 0.15) is 4.60 Å². The van der Waals surface area contributed by atoms with E-state index in [2.05, 4.69) is 47.0 Å². The van der Waals surface area contributed by atoms with Gasteiger partial charge in [0, 0.05) is 12.2 Å². The Labute approximate surface area is 129 Å². The van der Waals surface area contributed by atoms with Crippen molar-refractivity contribution in [3.05, 3.63) is 28.5 Å². The highest BCUT2D eigenvalue weighted by Gasteiger charge is 2.32. The Bertz CT molecular complexity index is 475. The molecule has 3 atom stereocenters. The molecule has 1 fully saturated rings. The summed E-state index contributed by atoms with van der Waals surface area (Å²) >= 11 is 3.35. The van der Waals surface area contributed by atoms with Crippen molar-refractivity contribution >= 4 is 21.8 Å². The molecule has 1 saturated carbocycles. The summed E-state index contributed by atoms with van der Waals surface area (Å²) < 4.78 is 0.613. The quantitative estimate of drug-likeness (QED) is 0.845. The first-order chi connectivity index (χ1) is 9.49. The van der Waals surface area contributed by atoms with Crippen molar-refractivity contribution in [2.24, 2.45) is 17.8 Å². The van der Waals surface area contributed by atoms with Crippen LogP contribution in [0.5, 0.6) is 0 Å². The van der Waals surface area contributed by atoms with Crippen LogP contribution in [-0.2, 0) is 0 Å². The Hall–Kier alpha value is -0.900. The zero-order valence-corrected chi connectivity index (χ0v) is 14.0. The van der Waals surface area contributed by atoms with Gasteiger partial charge in [-0.05, 0) is 58.7 Å². The Morgan fingerprint density at radius 1 is 1.45 bits per heavy atom. The van der Waals surface area contributed by atoms with Gasteiger partial charge in [0.2, 0.25) is 0 Å². The normalized spacial score (nSPS) is 26.6.